The van der Waals surface area contributed by atoms with Crippen LogP contribution in [0.2, 0.25) is 0 Å². The molecule has 0 saturated carbocycles. The standard InChI is InChI=1S/C22H28N2O4S/c1-3-7-16(2)23-20(25)15-28-22(26)19-14-18(17-8-5-4-6-9-17)21(29-19)24-10-12-27-13-11-24/h4-6,8-9,14,16H,3,7,10-13,15H2,1-2H3,(H,23,25)/t16-/m1/s1. The molecule has 1 atom stereocenters. The molecule has 1 aliphatic heterocycles. The van der Waals surface area contributed by atoms with Crippen LogP contribution in [-0.2, 0) is 14.3 Å². The minimum Gasteiger partial charge on any atom is -0.451 e. The van der Waals surface area contributed by atoms with Gasteiger partial charge in [0.25, 0.3) is 5.91 Å². The topological polar surface area (TPSA) is 67.9 Å². The van der Waals surface area contributed by atoms with Crippen LogP contribution < -0.4 is 10.2 Å². The van der Waals surface area contributed by atoms with E-state index in [1.807, 2.05) is 43.3 Å². The van der Waals surface area contributed by atoms with Crippen molar-refractivity contribution in [2.24, 2.45) is 0 Å². The Balaban J connectivity index is 1.72. The van der Waals surface area contributed by atoms with Gasteiger partial charge in [-0.15, -0.1) is 11.3 Å². The minimum atomic E-state index is -0.468. The van der Waals surface area contributed by atoms with E-state index < -0.39 is 5.97 Å². The van der Waals surface area contributed by atoms with Gasteiger partial charge in [-0.3, -0.25) is 4.79 Å². The fourth-order valence-electron chi connectivity index (χ4n) is 3.33. The average Bonchev–Trinajstić information content (AvgIpc) is 3.19. The maximum Gasteiger partial charge on any atom is 0.348 e. The zero-order chi connectivity index (χ0) is 20.6. The molecule has 29 heavy (non-hydrogen) atoms. The molecule has 0 unspecified atom stereocenters. The number of carbonyl (C=O) groups is 2. The molecule has 2 aromatic rings. The van der Waals surface area contributed by atoms with Crippen LogP contribution in [0.15, 0.2) is 36.4 Å². The van der Waals surface area contributed by atoms with Crippen LogP contribution in [-0.4, -0.2) is 50.8 Å². The highest BCUT2D eigenvalue weighted by molar-refractivity contribution is 7.18. The van der Waals surface area contributed by atoms with E-state index in [1.165, 1.54) is 11.3 Å². The third-order valence-corrected chi connectivity index (χ3v) is 5.94. The molecule has 0 aliphatic carbocycles. The summed E-state index contributed by atoms with van der Waals surface area (Å²) in [5.74, 6) is -0.738. The number of nitrogens with one attached hydrogen (secondary N) is 1. The molecule has 0 bridgehead atoms. The van der Waals surface area contributed by atoms with E-state index in [0.717, 1.165) is 42.1 Å². The summed E-state index contributed by atoms with van der Waals surface area (Å²) >= 11 is 1.41. The SMILES string of the molecule is CCC[C@@H](C)NC(=O)COC(=O)c1cc(-c2ccccc2)c(N2CCOCC2)s1. The molecular formula is C22H28N2O4S. The van der Waals surface area contributed by atoms with Gasteiger partial charge in [-0.25, -0.2) is 4.79 Å². The number of hydrogen-bond acceptors (Lipinski definition) is 6. The van der Waals surface area contributed by atoms with E-state index in [-0.39, 0.29) is 18.6 Å². The van der Waals surface area contributed by atoms with Crippen molar-refractivity contribution in [2.45, 2.75) is 32.7 Å². The number of benzene rings is 1. The lowest BCUT2D eigenvalue weighted by molar-refractivity contribution is -0.124. The zero-order valence-corrected chi connectivity index (χ0v) is 17.8. The monoisotopic (exact) mass is 416 g/mol. The number of ether oxygens (including phenoxy) is 2. The van der Waals surface area contributed by atoms with Crippen molar-refractivity contribution >= 4 is 28.2 Å². The molecule has 156 valence electrons. The normalized spacial score (nSPS) is 15.0. The summed E-state index contributed by atoms with van der Waals surface area (Å²) in [6.45, 7) is 6.65. The van der Waals surface area contributed by atoms with Crippen molar-refractivity contribution in [3.05, 3.63) is 41.3 Å². The first kappa shape index (κ1) is 21.3. The second-order valence-electron chi connectivity index (χ2n) is 7.13. The van der Waals surface area contributed by atoms with Crippen molar-refractivity contribution in [3.8, 4) is 11.1 Å². The molecule has 0 spiro atoms. The Hall–Kier alpha value is -2.38. The van der Waals surface area contributed by atoms with Crippen LogP contribution in [0.1, 0.15) is 36.4 Å². The van der Waals surface area contributed by atoms with Gasteiger partial charge in [0, 0.05) is 24.7 Å². The maximum atomic E-state index is 12.6. The quantitative estimate of drug-likeness (QED) is 0.665. The lowest BCUT2D eigenvalue weighted by Crippen LogP contribution is -2.36. The van der Waals surface area contributed by atoms with Crippen LogP contribution in [0.4, 0.5) is 5.00 Å². The second-order valence-corrected chi connectivity index (χ2v) is 8.16. The average molecular weight is 417 g/mol. The van der Waals surface area contributed by atoms with Gasteiger partial charge in [0.05, 0.1) is 18.2 Å². The first-order valence-corrected chi connectivity index (χ1v) is 10.9. The molecule has 0 radical (unpaired) electrons. The Morgan fingerprint density at radius 3 is 2.66 bits per heavy atom. The summed E-state index contributed by atoms with van der Waals surface area (Å²) in [6.07, 6.45) is 1.89. The predicted octanol–water partition coefficient (Wildman–Crippen LogP) is 3.71. The molecule has 2 heterocycles. The fraction of sp³-hybridized carbons (Fsp3) is 0.455. The Kier molecular flexibility index (Phi) is 7.66. The fourth-order valence-corrected chi connectivity index (χ4v) is 4.46. The molecule has 3 rings (SSSR count). The highest BCUT2D eigenvalue weighted by atomic mass is 32.1. The molecule has 1 fully saturated rings. The molecule has 1 aromatic heterocycles. The molecule has 1 saturated heterocycles. The third kappa shape index (κ3) is 5.81. The Bertz CT molecular complexity index is 815. The van der Waals surface area contributed by atoms with Crippen molar-refractivity contribution in [1.82, 2.24) is 5.32 Å². The van der Waals surface area contributed by atoms with Gasteiger partial charge in [-0.1, -0.05) is 43.7 Å². The van der Waals surface area contributed by atoms with E-state index in [1.54, 1.807) is 0 Å². The summed E-state index contributed by atoms with van der Waals surface area (Å²) in [6, 6.07) is 11.9. The van der Waals surface area contributed by atoms with E-state index in [2.05, 4.69) is 17.1 Å². The molecule has 1 amide bonds. The van der Waals surface area contributed by atoms with Gasteiger partial charge in [0.2, 0.25) is 0 Å². The molecule has 1 aliphatic rings. The summed E-state index contributed by atoms with van der Waals surface area (Å²) in [4.78, 5) is 27.3. The number of amides is 1. The number of hydrogen-bond donors (Lipinski definition) is 1. The van der Waals surface area contributed by atoms with Crippen molar-refractivity contribution in [3.63, 3.8) is 0 Å². The van der Waals surface area contributed by atoms with Gasteiger partial charge in [0.1, 0.15) is 4.88 Å². The Morgan fingerprint density at radius 2 is 1.97 bits per heavy atom. The number of carbonyl (C=O) groups excluding carboxylic acids is 2. The number of thiophene rings is 1. The summed E-state index contributed by atoms with van der Waals surface area (Å²) in [5, 5.41) is 3.88. The number of morpholine rings is 1. The predicted molar refractivity (Wildman–Crippen MR) is 116 cm³/mol. The van der Waals surface area contributed by atoms with Crippen molar-refractivity contribution in [2.75, 3.05) is 37.8 Å². The van der Waals surface area contributed by atoms with Crippen molar-refractivity contribution in [1.29, 1.82) is 0 Å². The van der Waals surface area contributed by atoms with Crippen LogP contribution in [0.5, 0.6) is 0 Å². The summed E-state index contributed by atoms with van der Waals surface area (Å²) in [5.41, 5.74) is 2.06. The van der Waals surface area contributed by atoms with Crippen molar-refractivity contribution < 1.29 is 19.1 Å². The first-order valence-electron chi connectivity index (χ1n) is 10.1. The number of esters is 1. The second kappa shape index (κ2) is 10.4. The number of rotatable bonds is 8. The number of nitrogens with zero attached hydrogens (tertiary/aromatic N) is 1. The van der Waals surface area contributed by atoms with E-state index >= 15 is 0 Å². The maximum absolute atomic E-state index is 12.6. The first-order chi connectivity index (χ1) is 14.1. The molecule has 6 nitrogen and oxygen atoms in total. The lowest BCUT2D eigenvalue weighted by atomic mass is 10.1. The van der Waals surface area contributed by atoms with Gasteiger partial charge in [-0.05, 0) is 25.0 Å². The molecule has 7 heteroatoms. The third-order valence-electron chi connectivity index (χ3n) is 4.76. The Labute approximate surface area is 175 Å². The van der Waals surface area contributed by atoms with E-state index in [9.17, 15) is 9.59 Å². The Morgan fingerprint density at radius 1 is 1.24 bits per heavy atom. The highest BCUT2D eigenvalue weighted by Gasteiger charge is 2.23. The minimum absolute atomic E-state index is 0.0746. The van der Waals surface area contributed by atoms with Crippen LogP contribution in [0.25, 0.3) is 11.1 Å². The summed E-state index contributed by atoms with van der Waals surface area (Å²) in [7, 11) is 0. The largest absolute Gasteiger partial charge is 0.451 e. The van der Waals surface area contributed by atoms with Crippen LogP contribution in [0, 0.1) is 0 Å². The molecule has 1 aromatic carbocycles. The van der Waals surface area contributed by atoms with E-state index in [0.29, 0.717) is 18.1 Å². The van der Waals surface area contributed by atoms with Crippen LogP contribution >= 0.6 is 11.3 Å². The molecular weight excluding hydrogens is 388 g/mol. The smallest absolute Gasteiger partial charge is 0.348 e. The van der Waals surface area contributed by atoms with Gasteiger partial charge >= 0.3 is 5.97 Å². The van der Waals surface area contributed by atoms with E-state index in [4.69, 9.17) is 9.47 Å². The molecule has 1 N–H and O–H groups in total. The summed E-state index contributed by atoms with van der Waals surface area (Å²) < 4.78 is 10.7. The van der Waals surface area contributed by atoms with Crippen LogP contribution in [0.3, 0.4) is 0 Å². The van der Waals surface area contributed by atoms with Gasteiger partial charge < -0.3 is 19.7 Å². The van der Waals surface area contributed by atoms with Gasteiger partial charge in [0.15, 0.2) is 6.61 Å². The lowest BCUT2D eigenvalue weighted by Gasteiger charge is -2.28. The zero-order valence-electron chi connectivity index (χ0n) is 17.0. The highest BCUT2D eigenvalue weighted by Crippen LogP contribution is 2.39. The number of anilines is 1. The van der Waals surface area contributed by atoms with Gasteiger partial charge in [-0.2, -0.15) is 0 Å².